The van der Waals surface area contributed by atoms with Gasteiger partial charge in [0.1, 0.15) is 23.1 Å². The second-order valence-corrected chi connectivity index (χ2v) is 17.5. The van der Waals surface area contributed by atoms with Crippen LogP contribution in [0.3, 0.4) is 0 Å². The largest absolute Gasteiger partial charge is 0.381 e. The maximum absolute atomic E-state index is 11.8. The molecule has 0 spiro atoms. The molecule has 0 aromatic heterocycles. The lowest BCUT2D eigenvalue weighted by Gasteiger charge is -2.17. The van der Waals surface area contributed by atoms with Crippen molar-refractivity contribution < 1.29 is 38.1 Å². The highest BCUT2D eigenvalue weighted by molar-refractivity contribution is 5.99. The minimum atomic E-state index is 0.0260. The van der Waals surface area contributed by atoms with E-state index >= 15 is 0 Å². The third kappa shape index (κ3) is 44.5. The van der Waals surface area contributed by atoms with Crippen LogP contribution < -0.4 is 0 Å². The molecule has 8 heteroatoms. The summed E-state index contributed by atoms with van der Waals surface area (Å²) in [7, 11) is 0. The van der Waals surface area contributed by atoms with E-state index in [9.17, 15) is 19.2 Å². The summed E-state index contributed by atoms with van der Waals surface area (Å²) in [5.41, 5.74) is 0.831. The summed E-state index contributed by atoms with van der Waals surface area (Å²) in [4.78, 5) is 47.0. The number of carbonyl (C=O) groups is 4. The Bertz CT molecular complexity index is 822. The zero-order valence-electron chi connectivity index (χ0n) is 33.9. The highest BCUT2D eigenvalue weighted by Gasteiger charge is 2.13. The average Bonchev–Trinajstić information content (AvgIpc) is 2.94. The molecule has 0 saturated carbocycles. The molecule has 0 atom stereocenters. The molecule has 0 fully saturated rings. The van der Waals surface area contributed by atoms with Crippen LogP contribution in [0.1, 0.15) is 166 Å². The van der Waals surface area contributed by atoms with E-state index in [-0.39, 0.29) is 52.2 Å². The van der Waals surface area contributed by atoms with E-state index in [0.717, 1.165) is 52.1 Å². The van der Waals surface area contributed by atoms with Crippen molar-refractivity contribution in [2.75, 3.05) is 52.9 Å². The van der Waals surface area contributed by atoms with Crippen LogP contribution in [0.4, 0.5) is 0 Å². The number of Topliss-reactive ketones (excluding diaryl/α,β-unsaturated/α-hetero) is 4. The van der Waals surface area contributed by atoms with Gasteiger partial charge in [0.05, 0.1) is 12.8 Å². The Morgan fingerprint density at radius 3 is 0.878 bits per heavy atom. The first-order chi connectivity index (χ1) is 22.7. The first kappa shape index (κ1) is 49.6. The van der Waals surface area contributed by atoms with Crippen molar-refractivity contribution in [2.24, 2.45) is 22.2 Å². The summed E-state index contributed by atoms with van der Waals surface area (Å²) in [5, 5.41) is 0. The third-order valence-corrected chi connectivity index (χ3v) is 7.59. The van der Waals surface area contributed by atoms with E-state index in [1.54, 1.807) is 0 Å². The minimum absolute atomic E-state index is 0.0260. The first-order valence-electron chi connectivity index (χ1n) is 19.1. The topological polar surface area (TPSA) is 105 Å². The molecule has 0 aromatic carbocycles. The standard InChI is InChI=1S/C21H40O4.C20H38O4/c1-20(2,3)11-15-24-13-7-9-18(22)17-19(23)10-8-14-25-16-12-21(4,5)6;1-17(2)10-14-23-12-6-8-18(21)16-19(22)9-7-13-24-15-11-20(3,4)5/h7-17H2,1-6H3;17H,6-16H2,1-5H3. The summed E-state index contributed by atoms with van der Waals surface area (Å²) < 4.78 is 22.1. The fraction of sp³-hybridized carbons (Fsp3) is 0.902. The maximum Gasteiger partial charge on any atom is 0.140 e. The van der Waals surface area contributed by atoms with E-state index in [0.29, 0.717) is 83.7 Å². The van der Waals surface area contributed by atoms with E-state index in [2.05, 4.69) is 76.2 Å². The second kappa shape index (κ2) is 29.1. The van der Waals surface area contributed by atoms with Crippen molar-refractivity contribution in [3.63, 3.8) is 0 Å². The van der Waals surface area contributed by atoms with Crippen molar-refractivity contribution in [1.29, 1.82) is 0 Å². The highest BCUT2D eigenvalue weighted by Crippen LogP contribution is 2.19. The van der Waals surface area contributed by atoms with Gasteiger partial charge in [0.15, 0.2) is 0 Å². The summed E-state index contributed by atoms with van der Waals surface area (Å²) in [6.45, 7) is 29.3. The molecule has 0 rings (SSSR count). The Kier molecular flexibility index (Phi) is 29.5. The summed E-state index contributed by atoms with van der Waals surface area (Å²) in [5.74, 6) is 0.749. The first-order valence-corrected chi connectivity index (χ1v) is 19.1. The number of rotatable bonds is 29. The van der Waals surface area contributed by atoms with Gasteiger partial charge >= 0.3 is 0 Å². The minimum Gasteiger partial charge on any atom is -0.381 e. The lowest BCUT2D eigenvalue weighted by atomic mass is 9.93. The lowest BCUT2D eigenvalue weighted by Crippen LogP contribution is -2.12. The summed E-state index contributed by atoms with van der Waals surface area (Å²) in [6, 6.07) is 0. The molecular weight excluding hydrogens is 620 g/mol. The molecule has 8 nitrogen and oxygen atoms in total. The maximum atomic E-state index is 11.8. The van der Waals surface area contributed by atoms with Crippen molar-refractivity contribution >= 4 is 23.1 Å². The Morgan fingerprint density at radius 2 is 0.653 bits per heavy atom. The fourth-order valence-corrected chi connectivity index (χ4v) is 4.14. The zero-order chi connectivity index (χ0) is 37.8. The molecule has 0 N–H and O–H groups in total. The van der Waals surface area contributed by atoms with Crippen molar-refractivity contribution in [1.82, 2.24) is 0 Å². The van der Waals surface area contributed by atoms with Crippen LogP contribution in [0.2, 0.25) is 0 Å². The van der Waals surface area contributed by atoms with E-state index < -0.39 is 0 Å². The molecule has 0 amide bonds. The van der Waals surface area contributed by atoms with E-state index in [1.165, 1.54) is 0 Å². The van der Waals surface area contributed by atoms with Gasteiger partial charge in [-0.15, -0.1) is 0 Å². The molecule has 0 aromatic rings. The van der Waals surface area contributed by atoms with Crippen LogP contribution in [0.25, 0.3) is 0 Å². The SMILES string of the molecule is CC(C)(C)CCOCCCC(=O)CC(=O)CCCOCCC(C)(C)C.CC(C)CCOCCCC(=O)CC(=O)CCCOCCC(C)(C)C. The Balaban J connectivity index is 0. The molecular formula is C41H78O8. The number of hydrogen-bond donors (Lipinski definition) is 0. The fourth-order valence-electron chi connectivity index (χ4n) is 4.14. The van der Waals surface area contributed by atoms with Crippen LogP contribution in [0, 0.1) is 22.2 Å². The average molecular weight is 699 g/mol. The van der Waals surface area contributed by atoms with Gasteiger partial charge in [-0.25, -0.2) is 0 Å². The van der Waals surface area contributed by atoms with Gasteiger partial charge in [0, 0.05) is 78.5 Å². The smallest absolute Gasteiger partial charge is 0.140 e. The van der Waals surface area contributed by atoms with Gasteiger partial charge in [-0.3, -0.25) is 19.2 Å². The van der Waals surface area contributed by atoms with Crippen molar-refractivity contribution in [2.45, 2.75) is 166 Å². The Labute approximate surface area is 301 Å². The van der Waals surface area contributed by atoms with Gasteiger partial charge in [0.25, 0.3) is 0 Å². The zero-order valence-corrected chi connectivity index (χ0v) is 33.9. The molecule has 0 saturated heterocycles. The predicted molar refractivity (Wildman–Crippen MR) is 201 cm³/mol. The molecule has 0 aliphatic heterocycles. The van der Waals surface area contributed by atoms with E-state index in [4.69, 9.17) is 18.9 Å². The Morgan fingerprint density at radius 1 is 0.408 bits per heavy atom. The van der Waals surface area contributed by atoms with Gasteiger partial charge in [-0.2, -0.15) is 0 Å². The molecule has 49 heavy (non-hydrogen) atoms. The molecule has 0 aliphatic rings. The molecule has 290 valence electrons. The van der Waals surface area contributed by atoms with Crippen molar-refractivity contribution in [3.05, 3.63) is 0 Å². The molecule has 0 aliphatic carbocycles. The lowest BCUT2D eigenvalue weighted by molar-refractivity contribution is -0.129. The summed E-state index contributed by atoms with van der Waals surface area (Å²) >= 11 is 0. The molecule has 0 radical (unpaired) electrons. The molecule has 0 unspecified atom stereocenters. The van der Waals surface area contributed by atoms with Crippen LogP contribution in [-0.4, -0.2) is 76.0 Å². The molecule has 0 heterocycles. The number of ether oxygens (including phenoxy) is 4. The monoisotopic (exact) mass is 699 g/mol. The Hall–Kier alpha value is -1.48. The van der Waals surface area contributed by atoms with Crippen LogP contribution in [0.5, 0.6) is 0 Å². The normalized spacial score (nSPS) is 12.2. The predicted octanol–water partition coefficient (Wildman–Crippen LogP) is 9.57. The summed E-state index contributed by atoms with van der Waals surface area (Å²) in [6.07, 6.45) is 8.76. The van der Waals surface area contributed by atoms with Crippen LogP contribution >= 0.6 is 0 Å². The van der Waals surface area contributed by atoms with Crippen LogP contribution in [0.15, 0.2) is 0 Å². The highest BCUT2D eigenvalue weighted by atomic mass is 16.5. The number of ketones is 4. The van der Waals surface area contributed by atoms with E-state index in [1.807, 2.05) is 0 Å². The third-order valence-electron chi connectivity index (χ3n) is 7.59. The van der Waals surface area contributed by atoms with Crippen molar-refractivity contribution in [3.8, 4) is 0 Å². The second-order valence-electron chi connectivity index (χ2n) is 17.5. The van der Waals surface area contributed by atoms with Gasteiger partial charge in [0.2, 0.25) is 0 Å². The number of hydrogen-bond acceptors (Lipinski definition) is 8. The quantitative estimate of drug-likeness (QED) is 0.0562. The van der Waals surface area contributed by atoms with Crippen LogP contribution in [-0.2, 0) is 38.1 Å². The molecule has 0 bridgehead atoms. The van der Waals surface area contributed by atoms with Gasteiger partial charge in [-0.1, -0.05) is 76.2 Å². The van der Waals surface area contributed by atoms with Gasteiger partial charge in [-0.05, 0) is 73.5 Å². The van der Waals surface area contributed by atoms with Gasteiger partial charge < -0.3 is 18.9 Å². The number of carbonyl (C=O) groups excluding carboxylic acids is 4.